The number of aromatic nitrogens is 2. The van der Waals surface area contributed by atoms with Crippen LogP contribution in [0.2, 0.25) is 0 Å². The largest absolute Gasteiger partial charge is 0.369 e. The summed E-state index contributed by atoms with van der Waals surface area (Å²) in [5.41, 5.74) is 6.56. The number of hydrogen-bond donors (Lipinski definition) is 1. The Morgan fingerprint density at radius 2 is 1.95 bits per heavy atom. The summed E-state index contributed by atoms with van der Waals surface area (Å²) in [5.74, 6) is -1.42. The Labute approximate surface area is 120 Å². The zero-order valence-corrected chi connectivity index (χ0v) is 12.1. The van der Waals surface area contributed by atoms with Crippen LogP contribution in [0.5, 0.6) is 0 Å². The summed E-state index contributed by atoms with van der Waals surface area (Å²) in [6.45, 7) is 0. The first-order valence-electron chi connectivity index (χ1n) is 6.76. The highest BCUT2D eigenvalue weighted by Gasteiger charge is 2.26. The normalized spacial score (nSPS) is 23.4. The van der Waals surface area contributed by atoms with Crippen molar-refractivity contribution in [2.45, 2.75) is 37.0 Å². The van der Waals surface area contributed by atoms with Gasteiger partial charge in [0.15, 0.2) is 11.6 Å². The number of thioether (sulfide) groups is 1. The van der Waals surface area contributed by atoms with Gasteiger partial charge in [-0.1, -0.05) is 0 Å². The van der Waals surface area contributed by atoms with E-state index in [4.69, 9.17) is 5.73 Å². The Morgan fingerprint density at radius 1 is 1.25 bits per heavy atom. The van der Waals surface area contributed by atoms with Crippen molar-refractivity contribution in [3.05, 3.63) is 23.8 Å². The molecular weight excluding hydrogens is 280 g/mol. The van der Waals surface area contributed by atoms with Crippen LogP contribution < -0.4 is 5.73 Å². The average molecular weight is 297 g/mol. The second-order valence-corrected chi connectivity index (χ2v) is 6.37. The molecule has 0 spiro atoms. The Hall–Kier alpha value is -1.30. The van der Waals surface area contributed by atoms with Crippen molar-refractivity contribution in [3.63, 3.8) is 0 Å². The van der Waals surface area contributed by atoms with Crippen LogP contribution in [0.3, 0.4) is 0 Å². The second-order valence-electron chi connectivity index (χ2n) is 5.24. The van der Waals surface area contributed by atoms with Crippen LogP contribution in [0.25, 0.3) is 11.0 Å². The van der Waals surface area contributed by atoms with E-state index in [1.165, 1.54) is 6.07 Å². The monoisotopic (exact) mass is 297 g/mol. The predicted octanol–water partition coefficient (Wildman–Crippen LogP) is 3.74. The van der Waals surface area contributed by atoms with Gasteiger partial charge >= 0.3 is 0 Å². The molecule has 1 aliphatic carbocycles. The van der Waals surface area contributed by atoms with E-state index in [-0.39, 0.29) is 17.5 Å². The maximum atomic E-state index is 14.1. The molecule has 0 atom stereocenters. The maximum Gasteiger partial charge on any atom is 0.201 e. The predicted molar refractivity (Wildman–Crippen MR) is 78.9 cm³/mol. The minimum atomic E-state index is -0.851. The average Bonchev–Trinajstić information content (AvgIpc) is 2.80. The van der Waals surface area contributed by atoms with E-state index in [2.05, 4.69) is 11.2 Å². The van der Waals surface area contributed by atoms with Gasteiger partial charge in [-0.15, -0.1) is 0 Å². The zero-order valence-electron chi connectivity index (χ0n) is 11.3. The number of imidazole rings is 1. The second kappa shape index (κ2) is 5.24. The molecule has 20 heavy (non-hydrogen) atoms. The number of nitrogens with two attached hydrogens (primary N) is 1. The third kappa shape index (κ3) is 2.16. The van der Waals surface area contributed by atoms with E-state index in [0.29, 0.717) is 10.8 Å². The Kier molecular flexibility index (Phi) is 3.58. The third-order valence-electron chi connectivity index (χ3n) is 4.11. The van der Waals surface area contributed by atoms with E-state index < -0.39 is 11.6 Å². The lowest BCUT2D eigenvalue weighted by atomic mass is 9.94. The summed E-state index contributed by atoms with van der Waals surface area (Å²) in [4.78, 5) is 4.16. The molecule has 3 rings (SSSR count). The summed E-state index contributed by atoms with van der Waals surface area (Å²) < 4.78 is 29.2. The fourth-order valence-corrected chi connectivity index (χ4v) is 3.79. The summed E-state index contributed by atoms with van der Waals surface area (Å²) in [6.07, 6.45) is 6.11. The van der Waals surface area contributed by atoms with Gasteiger partial charge in [-0.25, -0.2) is 13.8 Å². The number of fused-ring (bicyclic) bond motifs is 1. The third-order valence-corrected chi connectivity index (χ3v) is 5.25. The molecule has 1 heterocycles. The van der Waals surface area contributed by atoms with Crippen molar-refractivity contribution < 1.29 is 8.78 Å². The van der Waals surface area contributed by atoms with E-state index >= 15 is 0 Å². The van der Waals surface area contributed by atoms with Crippen molar-refractivity contribution in [2.24, 2.45) is 0 Å². The summed E-state index contributed by atoms with van der Waals surface area (Å²) in [6, 6.07) is 2.69. The molecule has 1 fully saturated rings. The molecule has 0 bridgehead atoms. The molecule has 3 nitrogen and oxygen atoms in total. The minimum Gasteiger partial charge on any atom is -0.369 e. The van der Waals surface area contributed by atoms with Gasteiger partial charge in [0.25, 0.3) is 0 Å². The highest BCUT2D eigenvalue weighted by molar-refractivity contribution is 7.99. The van der Waals surface area contributed by atoms with E-state index in [0.717, 1.165) is 31.7 Å². The number of nitrogen functional groups attached to an aromatic ring is 1. The first kappa shape index (κ1) is 13.7. The lowest BCUT2D eigenvalue weighted by Gasteiger charge is -2.29. The van der Waals surface area contributed by atoms with Crippen LogP contribution in [-0.4, -0.2) is 21.1 Å². The van der Waals surface area contributed by atoms with Crippen molar-refractivity contribution >= 4 is 28.7 Å². The summed E-state index contributed by atoms with van der Waals surface area (Å²) in [5, 5.41) is 0.656. The highest BCUT2D eigenvalue weighted by atomic mass is 32.2. The van der Waals surface area contributed by atoms with Gasteiger partial charge in [0.05, 0.1) is 5.52 Å². The molecule has 0 saturated heterocycles. The number of benzene rings is 1. The molecule has 0 radical (unpaired) electrons. The molecule has 2 N–H and O–H groups in total. The molecule has 1 aliphatic rings. The standard InChI is InChI=1S/C14H17F2N3S/c1-20-9-4-2-8(3-5-9)19-13-11(18-14(19)17)7-6-10(15)12(13)16/h6-9H,2-5H2,1H3,(H2,17,18). The summed E-state index contributed by atoms with van der Waals surface area (Å²) in [7, 11) is 0. The van der Waals surface area contributed by atoms with Crippen LogP contribution >= 0.6 is 11.8 Å². The molecular formula is C14H17F2N3S. The number of anilines is 1. The summed E-state index contributed by atoms with van der Waals surface area (Å²) >= 11 is 1.87. The lowest BCUT2D eigenvalue weighted by molar-refractivity contribution is 0.367. The fraction of sp³-hybridized carbons (Fsp3) is 0.500. The molecule has 0 unspecified atom stereocenters. The minimum absolute atomic E-state index is 0.111. The van der Waals surface area contributed by atoms with Crippen LogP contribution in [-0.2, 0) is 0 Å². The number of nitrogens with zero attached hydrogens (tertiary/aromatic N) is 2. The van der Waals surface area contributed by atoms with Gasteiger partial charge in [-0.3, -0.25) is 0 Å². The highest BCUT2D eigenvalue weighted by Crippen LogP contribution is 2.37. The molecule has 0 aliphatic heterocycles. The Bertz CT molecular complexity index is 633. The van der Waals surface area contributed by atoms with Gasteiger partial charge in [0.2, 0.25) is 5.95 Å². The SMILES string of the molecule is CSC1CCC(n2c(N)nc3ccc(F)c(F)c32)CC1. The Balaban J connectivity index is 2.03. The number of halogens is 2. The molecule has 108 valence electrons. The van der Waals surface area contributed by atoms with Gasteiger partial charge in [0, 0.05) is 11.3 Å². The number of rotatable bonds is 2. The van der Waals surface area contributed by atoms with Crippen molar-refractivity contribution in [1.82, 2.24) is 9.55 Å². The number of hydrogen-bond acceptors (Lipinski definition) is 3. The molecule has 1 aromatic carbocycles. The topological polar surface area (TPSA) is 43.8 Å². The molecule has 6 heteroatoms. The molecule has 1 aromatic heterocycles. The molecule has 0 amide bonds. The van der Waals surface area contributed by atoms with Gasteiger partial charge in [-0.2, -0.15) is 11.8 Å². The first-order chi connectivity index (χ1) is 9.61. The van der Waals surface area contributed by atoms with Crippen molar-refractivity contribution in [2.75, 3.05) is 12.0 Å². The van der Waals surface area contributed by atoms with Crippen molar-refractivity contribution in [1.29, 1.82) is 0 Å². The Morgan fingerprint density at radius 3 is 2.60 bits per heavy atom. The fourth-order valence-electron chi connectivity index (χ4n) is 3.05. The van der Waals surface area contributed by atoms with Gasteiger partial charge in [-0.05, 0) is 44.1 Å². The van der Waals surface area contributed by atoms with E-state index in [9.17, 15) is 8.78 Å². The van der Waals surface area contributed by atoms with Crippen LogP contribution in [0, 0.1) is 11.6 Å². The smallest absolute Gasteiger partial charge is 0.201 e. The maximum absolute atomic E-state index is 14.1. The zero-order chi connectivity index (χ0) is 14.3. The van der Waals surface area contributed by atoms with E-state index in [1.54, 1.807) is 4.57 Å². The first-order valence-corrected chi connectivity index (χ1v) is 8.04. The molecule has 1 saturated carbocycles. The van der Waals surface area contributed by atoms with E-state index in [1.807, 2.05) is 11.8 Å². The van der Waals surface area contributed by atoms with Crippen LogP contribution in [0.4, 0.5) is 14.7 Å². The van der Waals surface area contributed by atoms with Gasteiger partial charge in [0.1, 0.15) is 5.52 Å². The van der Waals surface area contributed by atoms with Crippen LogP contribution in [0.1, 0.15) is 31.7 Å². The molecule has 2 aromatic rings. The van der Waals surface area contributed by atoms with Crippen molar-refractivity contribution in [3.8, 4) is 0 Å². The van der Waals surface area contributed by atoms with Gasteiger partial charge < -0.3 is 10.3 Å². The lowest BCUT2D eigenvalue weighted by Crippen LogP contribution is -2.21. The quantitative estimate of drug-likeness (QED) is 0.918. The van der Waals surface area contributed by atoms with Crippen LogP contribution in [0.15, 0.2) is 12.1 Å².